The van der Waals surface area contributed by atoms with Crippen LogP contribution >= 0.6 is 11.3 Å². The van der Waals surface area contributed by atoms with E-state index in [9.17, 15) is 0 Å². The Labute approximate surface area is 326 Å². The van der Waals surface area contributed by atoms with Gasteiger partial charge in [0.1, 0.15) is 0 Å². The molecule has 0 aliphatic rings. The second-order valence-electron chi connectivity index (χ2n) is 14.5. The first-order valence-electron chi connectivity index (χ1n) is 19.0. The topological polar surface area (TPSA) is 30.7 Å². The van der Waals surface area contributed by atoms with Gasteiger partial charge >= 0.3 is 0 Å². The molecule has 0 unspecified atom stereocenters. The Bertz CT molecular complexity index is 3510. The van der Waals surface area contributed by atoms with E-state index in [0.717, 1.165) is 50.4 Å². The maximum Gasteiger partial charge on any atom is 0.0973 e. The van der Waals surface area contributed by atoms with Gasteiger partial charge in [-0.3, -0.25) is 0 Å². The molecule has 0 spiro atoms. The lowest BCUT2D eigenvalue weighted by molar-refractivity contribution is 1.19. The van der Waals surface area contributed by atoms with Crippen LogP contribution in [0.3, 0.4) is 0 Å². The van der Waals surface area contributed by atoms with E-state index in [-0.39, 0.29) is 0 Å². The van der Waals surface area contributed by atoms with Crippen molar-refractivity contribution in [3.8, 4) is 39.3 Å². The molecule has 4 heteroatoms. The summed E-state index contributed by atoms with van der Waals surface area (Å²) in [4.78, 5) is 10.8. The first-order chi connectivity index (χ1) is 27.8. The predicted octanol–water partition coefficient (Wildman–Crippen LogP) is 14.4. The highest BCUT2D eigenvalue weighted by atomic mass is 32.1. The van der Waals surface area contributed by atoms with E-state index in [1.807, 2.05) is 23.5 Å². The summed E-state index contributed by atoms with van der Waals surface area (Å²) >= 11 is 1.92. The number of nitrogens with zero attached hydrogens (tertiary/aromatic N) is 3. The first-order valence-corrected chi connectivity index (χ1v) is 19.8. The summed E-state index contributed by atoms with van der Waals surface area (Å²) in [6.07, 6.45) is 0. The molecular formula is C52H31N3S. The van der Waals surface area contributed by atoms with Crippen LogP contribution in [0.1, 0.15) is 0 Å². The number of para-hydroxylation sites is 3. The highest BCUT2D eigenvalue weighted by molar-refractivity contribution is 7.27. The minimum absolute atomic E-state index is 0.874. The van der Waals surface area contributed by atoms with Gasteiger partial charge in [0.05, 0.1) is 33.5 Å². The average molecular weight is 730 g/mol. The molecular weight excluding hydrogens is 699 g/mol. The fraction of sp³-hybridized carbons (Fsp3) is 0. The number of rotatable bonds is 4. The summed E-state index contributed by atoms with van der Waals surface area (Å²) in [5.41, 5.74) is 11.4. The smallest absolute Gasteiger partial charge is 0.0973 e. The molecule has 0 amide bonds. The van der Waals surface area contributed by atoms with E-state index in [2.05, 4.69) is 180 Å². The van der Waals surface area contributed by atoms with Crippen molar-refractivity contribution in [1.82, 2.24) is 14.5 Å². The molecule has 0 aliphatic heterocycles. The Morgan fingerprint density at radius 1 is 0.411 bits per heavy atom. The number of aromatic nitrogens is 3. The molecule has 12 rings (SSSR count). The summed E-state index contributed by atoms with van der Waals surface area (Å²) in [7, 11) is 0. The molecule has 0 bridgehead atoms. The van der Waals surface area contributed by atoms with Gasteiger partial charge in [0.15, 0.2) is 0 Å². The molecule has 0 N–H and O–H groups in total. The summed E-state index contributed by atoms with van der Waals surface area (Å²) in [5.74, 6) is 0. The average Bonchev–Trinajstić information content (AvgIpc) is 3.84. The van der Waals surface area contributed by atoms with Crippen LogP contribution in [0.25, 0.3) is 114 Å². The van der Waals surface area contributed by atoms with Crippen molar-refractivity contribution in [3.63, 3.8) is 0 Å². The van der Waals surface area contributed by atoms with Gasteiger partial charge in [-0.2, -0.15) is 0 Å². The van der Waals surface area contributed by atoms with Crippen LogP contribution in [-0.2, 0) is 0 Å². The van der Waals surface area contributed by atoms with Crippen molar-refractivity contribution in [2.24, 2.45) is 0 Å². The minimum Gasteiger partial charge on any atom is -0.309 e. The van der Waals surface area contributed by atoms with Gasteiger partial charge in [0.25, 0.3) is 0 Å². The van der Waals surface area contributed by atoms with Crippen LogP contribution in [0.15, 0.2) is 188 Å². The fourth-order valence-corrected chi connectivity index (χ4v) is 10.2. The van der Waals surface area contributed by atoms with E-state index in [0.29, 0.717) is 0 Å². The van der Waals surface area contributed by atoms with Crippen LogP contribution in [0.4, 0.5) is 0 Å². The first kappa shape index (κ1) is 31.2. The van der Waals surface area contributed by atoms with Crippen LogP contribution in [0.5, 0.6) is 0 Å². The zero-order valence-electron chi connectivity index (χ0n) is 30.1. The van der Waals surface area contributed by atoms with Crippen molar-refractivity contribution in [1.29, 1.82) is 0 Å². The lowest BCUT2D eigenvalue weighted by Crippen LogP contribution is -1.97. The molecule has 0 radical (unpaired) electrons. The van der Waals surface area contributed by atoms with E-state index >= 15 is 0 Å². The molecule has 3 aromatic heterocycles. The fourth-order valence-electron chi connectivity index (χ4n) is 8.87. The number of hydrogen-bond acceptors (Lipinski definition) is 3. The van der Waals surface area contributed by atoms with Gasteiger partial charge in [-0.25, -0.2) is 9.97 Å². The SMILES string of the molecule is c1ccc(-c2nc3cccc(-c4ccc5c(c4)c4sc6c7ccccc7ccc6c4c4c6ccccc6n(-c6ccccc6)c54)c3nc2-c2ccccc2)cc1. The summed E-state index contributed by atoms with van der Waals surface area (Å²) in [5, 5.41) is 10.2. The van der Waals surface area contributed by atoms with Gasteiger partial charge in [-0.15, -0.1) is 11.3 Å². The zero-order chi connectivity index (χ0) is 36.7. The van der Waals surface area contributed by atoms with Crippen molar-refractivity contribution in [2.45, 2.75) is 0 Å². The third-order valence-electron chi connectivity index (χ3n) is 11.3. The van der Waals surface area contributed by atoms with E-state index in [1.54, 1.807) is 0 Å². The largest absolute Gasteiger partial charge is 0.309 e. The van der Waals surface area contributed by atoms with Crippen LogP contribution in [-0.4, -0.2) is 14.5 Å². The van der Waals surface area contributed by atoms with Gasteiger partial charge in [-0.1, -0.05) is 158 Å². The highest BCUT2D eigenvalue weighted by Crippen LogP contribution is 2.50. The Kier molecular flexibility index (Phi) is 6.80. The number of hydrogen-bond donors (Lipinski definition) is 0. The van der Waals surface area contributed by atoms with Gasteiger partial charge in [-0.05, 0) is 46.7 Å². The lowest BCUT2D eigenvalue weighted by Gasteiger charge is -2.14. The predicted molar refractivity (Wildman–Crippen MR) is 238 cm³/mol. The van der Waals surface area contributed by atoms with E-state index in [4.69, 9.17) is 9.97 Å². The van der Waals surface area contributed by atoms with Crippen LogP contribution in [0, 0.1) is 0 Å². The van der Waals surface area contributed by atoms with E-state index < -0.39 is 0 Å². The minimum atomic E-state index is 0.874. The summed E-state index contributed by atoms with van der Waals surface area (Å²) in [6.45, 7) is 0. The molecule has 0 atom stereocenters. The molecule has 0 saturated carbocycles. The lowest BCUT2D eigenvalue weighted by atomic mass is 9.95. The van der Waals surface area contributed by atoms with Crippen molar-refractivity contribution >= 4 is 85.9 Å². The van der Waals surface area contributed by atoms with Gasteiger partial charge < -0.3 is 4.57 Å². The highest BCUT2D eigenvalue weighted by Gasteiger charge is 2.23. The Hall–Kier alpha value is -7.14. The standard InChI is InChI=1S/C52H31N3S/c1-4-16-33(17-5-1)47-48(34-18-6-2-7-19-34)54-49-37(24-14-25-43(49)53-47)35-28-29-39-42(31-35)52-46(41-30-27-32-15-10-11-22-38(32)51(41)56-52)45-40-23-12-13-26-44(40)55(50(39)45)36-20-8-3-9-21-36/h1-31H. The maximum atomic E-state index is 5.48. The van der Waals surface area contributed by atoms with Gasteiger partial charge in [0.2, 0.25) is 0 Å². The quantitative estimate of drug-likeness (QED) is 0.181. The number of benzene rings is 9. The summed E-state index contributed by atoms with van der Waals surface area (Å²) < 4.78 is 5.10. The van der Waals surface area contributed by atoms with Crippen LogP contribution < -0.4 is 0 Å². The van der Waals surface area contributed by atoms with Crippen molar-refractivity contribution in [2.75, 3.05) is 0 Å². The molecule has 0 fully saturated rings. The maximum absolute atomic E-state index is 5.48. The van der Waals surface area contributed by atoms with Gasteiger partial charge in [0, 0.05) is 64.1 Å². The molecule has 0 saturated heterocycles. The second kappa shape index (κ2) is 12.2. The second-order valence-corrected chi connectivity index (χ2v) is 15.5. The Morgan fingerprint density at radius 3 is 1.86 bits per heavy atom. The number of thiophene rings is 1. The Balaban J connectivity index is 1.21. The number of fused-ring (bicyclic) bond motifs is 13. The third kappa shape index (κ3) is 4.57. The molecule has 12 aromatic rings. The van der Waals surface area contributed by atoms with E-state index in [1.165, 1.54) is 63.5 Å². The molecule has 9 aromatic carbocycles. The molecule has 3 heterocycles. The normalized spacial score (nSPS) is 11.9. The van der Waals surface area contributed by atoms with Crippen molar-refractivity contribution < 1.29 is 0 Å². The molecule has 260 valence electrons. The zero-order valence-corrected chi connectivity index (χ0v) is 31.0. The molecule has 3 nitrogen and oxygen atoms in total. The molecule has 0 aliphatic carbocycles. The molecule has 56 heavy (non-hydrogen) atoms. The summed E-state index contributed by atoms with van der Waals surface area (Å²) in [6, 6.07) is 67.4. The Morgan fingerprint density at radius 2 is 1.07 bits per heavy atom. The van der Waals surface area contributed by atoms with Crippen molar-refractivity contribution in [3.05, 3.63) is 188 Å². The van der Waals surface area contributed by atoms with Crippen LogP contribution in [0.2, 0.25) is 0 Å². The third-order valence-corrected chi connectivity index (χ3v) is 12.6. The monoisotopic (exact) mass is 729 g/mol.